The lowest BCUT2D eigenvalue weighted by molar-refractivity contribution is 0.0735. The van der Waals surface area contributed by atoms with Crippen molar-refractivity contribution in [3.8, 4) is 11.8 Å². The highest BCUT2D eigenvalue weighted by Gasteiger charge is 2.45. The average molecular weight is 276 g/mol. The molecule has 114 valence electrons. The molecule has 2 aliphatic rings. The molecular formula is C18H32N2. The summed E-state index contributed by atoms with van der Waals surface area (Å²) in [4.78, 5) is 2.83. The van der Waals surface area contributed by atoms with E-state index >= 15 is 0 Å². The predicted molar refractivity (Wildman–Crippen MR) is 86.8 cm³/mol. The molecule has 0 aromatic carbocycles. The van der Waals surface area contributed by atoms with E-state index < -0.39 is 0 Å². The molecule has 0 radical (unpaired) electrons. The van der Waals surface area contributed by atoms with Crippen LogP contribution in [0.15, 0.2) is 0 Å². The standard InChI is InChI=1S/C18H32N2/c1-3-5-6-11-17(19-14-4-2)18(12-7-8-13-18)20-15-9-10-16-20/h17,19H,4,6-16H2,1-2H3. The lowest BCUT2D eigenvalue weighted by Gasteiger charge is -2.45. The second-order valence-corrected chi connectivity index (χ2v) is 6.48. The van der Waals surface area contributed by atoms with Crippen LogP contribution in [-0.4, -0.2) is 36.1 Å². The quantitative estimate of drug-likeness (QED) is 0.715. The number of hydrogen-bond acceptors (Lipinski definition) is 2. The normalized spacial score (nSPS) is 23.5. The summed E-state index contributed by atoms with van der Waals surface area (Å²) in [6.07, 6.45) is 11.9. The van der Waals surface area contributed by atoms with E-state index in [1.807, 2.05) is 6.92 Å². The van der Waals surface area contributed by atoms with Crippen LogP contribution in [0.1, 0.15) is 71.6 Å². The van der Waals surface area contributed by atoms with Gasteiger partial charge in [0.2, 0.25) is 0 Å². The van der Waals surface area contributed by atoms with Crippen LogP contribution in [-0.2, 0) is 0 Å². The van der Waals surface area contributed by atoms with Gasteiger partial charge in [0.05, 0.1) is 0 Å². The third-order valence-corrected chi connectivity index (χ3v) is 5.23. The summed E-state index contributed by atoms with van der Waals surface area (Å²) >= 11 is 0. The summed E-state index contributed by atoms with van der Waals surface area (Å²) in [6.45, 7) is 8.03. The first-order valence-electron chi connectivity index (χ1n) is 8.71. The van der Waals surface area contributed by atoms with Crippen molar-refractivity contribution in [1.29, 1.82) is 0 Å². The van der Waals surface area contributed by atoms with E-state index in [0.29, 0.717) is 11.6 Å². The Balaban J connectivity index is 2.08. The second-order valence-electron chi connectivity index (χ2n) is 6.48. The smallest absolute Gasteiger partial charge is 0.0362 e. The molecule has 1 heterocycles. The molecule has 2 nitrogen and oxygen atoms in total. The van der Waals surface area contributed by atoms with E-state index in [1.165, 1.54) is 64.5 Å². The number of rotatable bonds is 7. The SMILES string of the molecule is CC#CCCC(NCCC)C1(N2CCCC2)CCCC1. The van der Waals surface area contributed by atoms with Crippen LogP contribution < -0.4 is 5.32 Å². The van der Waals surface area contributed by atoms with Gasteiger partial charge >= 0.3 is 0 Å². The molecule has 0 aromatic heterocycles. The highest BCUT2D eigenvalue weighted by molar-refractivity contribution is 5.06. The van der Waals surface area contributed by atoms with Crippen LogP contribution in [0.4, 0.5) is 0 Å². The van der Waals surface area contributed by atoms with E-state index in [2.05, 4.69) is 29.0 Å². The molecule has 1 unspecified atom stereocenters. The Hall–Kier alpha value is -0.520. The molecule has 1 atom stereocenters. The van der Waals surface area contributed by atoms with Gasteiger partial charge in [0.25, 0.3) is 0 Å². The van der Waals surface area contributed by atoms with Gasteiger partial charge in [-0.2, -0.15) is 0 Å². The average Bonchev–Trinajstić information content (AvgIpc) is 3.13. The van der Waals surface area contributed by atoms with Crippen molar-refractivity contribution in [2.24, 2.45) is 0 Å². The monoisotopic (exact) mass is 276 g/mol. The summed E-state index contributed by atoms with van der Waals surface area (Å²) in [5.74, 6) is 6.34. The molecular weight excluding hydrogens is 244 g/mol. The van der Waals surface area contributed by atoms with Crippen LogP contribution >= 0.6 is 0 Å². The molecule has 1 N–H and O–H groups in total. The van der Waals surface area contributed by atoms with Crippen molar-refractivity contribution >= 4 is 0 Å². The van der Waals surface area contributed by atoms with Gasteiger partial charge < -0.3 is 5.32 Å². The zero-order chi connectivity index (χ0) is 14.3. The molecule has 0 amide bonds. The number of nitrogens with zero attached hydrogens (tertiary/aromatic N) is 1. The highest BCUT2D eigenvalue weighted by Crippen LogP contribution is 2.41. The van der Waals surface area contributed by atoms with Crippen LogP contribution in [0.3, 0.4) is 0 Å². The minimum Gasteiger partial charge on any atom is -0.312 e. The van der Waals surface area contributed by atoms with E-state index in [9.17, 15) is 0 Å². The van der Waals surface area contributed by atoms with Crippen LogP contribution in [0.25, 0.3) is 0 Å². The summed E-state index contributed by atoms with van der Waals surface area (Å²) in [5.41, 5.74) is 0.446. The van der Waals surface area contributed by atoms with Crippen molar-refractivity contribution in [3.05, 3.63) is 0 Å². The maximum atomic E-state index is 3.88. The van der Waals surface area contributed by atoms with Crippen LogP contribution in [0, 0.1) is 11.8 Å². The first-order chi connectivity index (χ1) is 9.83. The molecule has 1 saturated carbocycles. The second kappa shape index (κ2) is 8.05. The van der Waals surface area contributed by atoms with Gasteiger partial charge in [0.1, 0.15) is 0 Å². The molecule has 0 bridgehead atoms. The maximum Gasteiger partial charge on any atom is 0.0362 e. The summed E-state index contributed by atoms with van der Waals surface area (Å²) in [7, 11) is 0. The summed E-state index contributed by atoms with van der Waals surface area (Å²) in [6, 6.07) is 0.643. The molecule has 1 saturated heterocycles. The van der Waals surface area contributed by atoms with Gasteiger partial charge in [0, 0.05) is 18.0 Å². The minimum absolute atomic E-state index is 0.446. The van der Waals surface area contributed by atoms with Crippen molar-refractivity contribution in [2.75, 3.05) is 19.6 Å². The minimum atomic E-state index is 0.446. The first kappa shape index (κ1) is 15.9. The molecule has 1 aliphatic carbocycles. The third-order valence-electron chi connectivity index (χ3n) is 5.23. The fourth-order valence-corrected chi connectivity index (χ4v) is 4.26. The lowest BCUT2D eigenvalue weighted by Crippen LogP contribution is -2.59. The zero-order valence-electron chi connectivity index (χ0n) is 13.5. The fourth-order valence-electron chi connectivity index (χ4n) is 4.26. The lowest BCUT2D eigenvalue weighted by atomic mass is 9.83. The molecule has 1 aliphatic heterocycles. The number of nitrogens with one attached hydrogen (secondary N) is 1. The number of likely N-dealkylation sites (tertiary alicyclic amines) is 1. The molecule has 2 fully saturated rings. The Morgan fingerprint density at radius 1 is 1.15 bits per heavy atom. The zero-order valence-corrected chi connectivity index (χ0v) is 13.5. The van der Waals surface area contributed by atoms with Gasteiger partial charge in [-0.1, -0.05) is 19.8 Å². The van der Waals surface area contributed by atoms with Gasteiger partial charge in [-0.15, -0.1) is 11.8 Å². The topological polar surface area (TPSA) is 15.3 Å². The summed E-state index contributed by atoms with van der Waals surface area (Å²) in [5, 5.41) is 3.88. The van der Waals surface area contributed by atoms with Crippen molar-refractivity contribution in [1.82, 2.24) is 10.2 Å². The highest BCUT2D eigenvalue weighted by atomic mass is 15.2. The largest absolute Gasteiger partial charge is 0.312 e. The van der Waals surface area contributed by atoms with E-state index in [0.717, 1.165) is 13.0 Å². The Bertz CT molecular complexity index is 327. The van der Waals surface area contributed by atoms with Gasteiger partial charge in [-0.05, 0) is 65.1 Å². The van der Waals surface area contributed by atoms with Crippen molar-refractivity contribution in [3.63, 3.8) is 0 Å². The molecule has 20 heavy (non-hydrogen) atoms. The maximum absolute atomic E-state index is 3.88. The van der Waals surface area contributed by atoms with E-state index in [4.69, 9.17) is 0 Å². The number of hydrogen-bond donors (Lipinski definition) is 1. The third kappa shape index (κ3) is 3.57. The van der Waals surface area contributed by atoms with Gasteiger partial charge in [0.15, 0.2) is 0 Å². The van der Waals surface area contributed by atoms with Crippen molar-refractivity contribution in [2.45, 2.75) is 83.2 Å². The Labute approximate surface area is 125 Å². The predicted octanol–water partition coefficient (Wildman–Crippen LogP) is 3.57. The van der Waals surface area contributed by atoms with Crippen LogP contribution in [0.2, 0.25) is 0 Å². The first-order valence-corrected chi connectivity index (χ1v) is 8.71. The van der Waals surface area contributed by atoms with E-state index in [1.54, 1.807) is 0 Å². The van der Waals surface area contributed by atoms with Gasteiger partial charge in [-0.3, -0.25) is 4.90 Å². The Morgan fingerprint density at radius 2 is 1.85 bits per heavy atom. The van der Waals surface area contributed by atoms with Crippen LogP contribution in [0.5, 0.6) is 0 Å². The fraction of sp³-hybridized carbons (Fsp3) is 0.889. The molecule has 2 heteroatoms. The molecule has 0 aromatic rings. The summed E-state index contributed by atoms with van der Waals surface area (Å²) < 4.78 is 0. The van der Waals surface area contributed by atoms with Crippen molar-refractivity contribution < 1.29 is 0 Å². The molecule has 2 rings (SSSR count). The Kier molecular flexibility index (Phi) is 6.39. The van der Waals surface area contributed by atoms with Gasteiger partial charge in [-0.25, -0.2) is 0 Å². The van der Waals surface area contributed by atoms with E-state index in [-0.39, 0.29) is 0 Å². The molecule has 0 spiro atoms. The Morgan fingerprint density at radius 3 is 2.45 bits per heavy atom.